The summed E-state index contributed by atoms with van der Waals surface area (Å²) in [6, 6.07) is 10.1. The molecule has 1 aliphatic heterocycles. The zero-order valence-electron chi connectivity index (χ0n) is 9.09. The first kappa shape index (κ1) is 11.6. The van der Waals surface area contributed by atoms with Crippen molar-refractivity contribution in [2.45, 2.75) is 6.54 Å². The Labute approximate surface area is 96.3 Å². The summed E-state index contributed by atoms with van der Waals surface area (Å²) >= 11 is 0. The van der Waals surface area contributed by atoms with E-state index in [1.54, 1.807) is 0 Å². The van der Waals surface area contributed by atoms with Crippen molar-refractivity contribution in [3.05, 3.63) is 35.9 Å². The molecule has 16 heavy (non-hydrogen) atoms. The van der Waals surface area contributed by atoms with Crippen molar-refractivity contribution in [1.29, 1.82) is 0 Å². The molecule has 0 aliphatic carbocycles. The minimum Gasteiger partial charge on any atom is -0.297 e. The molecule has 1 fully saturated rings. The maximum Gasteiger partial charge on any atom is 0.212 e. The molecule has 0 radical (unpaired) electrons. The molecule has 4 nitrogen and oxygen atoms in total. The third-order valence-electron chi connectivity index (χ3n) is 2.68. The quantitative estimate of drug-likeness (QED) is 0.815. The van der Waals surface area contributed by atoms with Crippen LogP contribution in [0.15, 0.2) is 30.3 Å². The van der Waals surface area contributed by atoms with Crippen molar-refractivity contribution >= 4 is 10.0 Å². The van der Waals surface area contributed by atoms with Crippen LogP contribution in [0.5, 0.6) is 0 Å². The molecular weight excluding hydrogens is 224 g/mol. The molecule has 1 heterocycles. The van der Waals surface area contributed by atoms with Crippen LogP contribution in [0.25, 0.3) is 0 Å². The fourth-order valence-corrected chi connectivity index (χ4v) is 2.84. The van der Waals surface area contributed by atoms with E-state index in [-0.39, 0.29) is 5.75 Å². The summed E-state index contributed by atoms with van der Waals surface area (Å²) in [7, 11) is -3.04. The van der Waals surface area contributed by atoms with Crippen LogP contribution < -0.4 is 4.72 Å². The number of hydrogen-bond acceptors (Lipinski definition) is 3. The zero-order chi connectivity index (χ0) is 11.4. The van der Waals surface area contributed by atoms with Gasteiger partial charge < -0.3 is 0 Å². The highest BCUT2D eigenvalue weighted by Gasteiger charge is 2.17. The first-order valence-corrected chi connectivity index (χ1v) is 7.04. The van der Waals surface area contributed by atoms with Crippen molar-refractivity contribution in [3.63, 3.8) is 0 Å². The van der Waals surface area contributed by atoms with Crippen LogP contribution in [-0.2, 0) is 16.6 Å². The molecule has 1 aliphatic rings. The predicted molar refractivity (Wildman–Crippen MR) is 63.5 cm³/mol. The van der Waals surface area contributed by atoms with E-state index in [0.29, 0.717) is 13.1 Å². The maximum atomic E-state index is 11.3. The zero-order valence-corrected chi connectivity index (χ0v) is 9.91. The summed E-state index contributed by atoms with van der Waals surface area (Å²) in [5, 5.41) is 0. The van der Waals surface area contributed by atoms with Gasteiger partial charge in [-0.15, -0.1) is 0 Å². The first-order chi connectivity index (χ1) is 7.66. The van der Waals surface area contributed by atoms with Gasteiger partial charge in [0.15, 0.2) is 0 Å². The van der Waals surface area contributed by atoms with Gasteiger partial charge in [0, 0.05) is 26.2 Å². The molecule has 0 saturated carbocycles. The van der Waals surface area contributed by atoms with E-state index in [4.69, 9.17) is 0 Å². The molecule has 0 spiro atoms. The smallest absolute Gasteiger partial charge is 0.212 e. The minimum absolute atomic E-state index is 0.194. The van der Waals surface area contributed by atoms with Gasteiger partial charge >= 0.3 is 0 Å². The molecule has 88 valence electrons. The standard InChI is InChI=1S/C11H16N2O2S/c14-16(15)9-8-13(7-6-12-16)10-11-4-2-1-3-5-11/h1-5,12H,6-10H2. The topological polar surface area (TPSA) is 49.4 Å². The second kappa shape index (κ2) is 4.95. The number of nitrogens with zero attached hydrogens (tertiary/aromatic N) is 1. The van der Waals surface area contributed by atoms with Crippen molar-refractivity contribution in [1.82, 2.24) is 9.62 Å². The lowest BCUT2D eigenvalue weighted by atomic mass is 10.2. The van der Waals surface area contributed by atoms with Gasteiger partial charge in [0.05, 0.1) is 5.75 Å². The largest absolute Gasteiger partial charge is 0.297 e. The first-order valence-electron chi connectivity index (χ1n) is 5.39. The van der Waals surface area contributed by atoms with Gasteiger partial charge in [0.2, 0.25) is 10.0 Å². The van der Waals surface area contributed by atoms with Crippen LogP contribution in [-0.4, -0.2) is 38.7 Å². The predicted octanol–water partition coefficient (Wildman–Crippen LogP) is 0.422. The highest BCUT2D eigenvalue weighted by Crippen LogP contribution is 2.05. The summed E-state index contributed by atoms with van der Waals surface area (Å²) < 4.78 is 25.2. The number of nitrogens with one attached hydrogen (secondary N) is 1. The third-order valence-corrected chi connectivity index (χ3v) is 4.04. The van der Waals surface area contributed by atoms with Crippen molar-refractivity contribution in [2.24, 2.45) is 0 Å². The van der Waals surface area contributed by atoms with Gasteiger partial charge in [-0.05, 0) is 5.56 Å². The normalized spacial score (nSPS) is 21.5. The molecule has 0 unspecified atom stereocenters. The summed E-state index contributed by atoms with van der Waals surface area (Å²) in [6.45, 7) is 2.70. The Morgan fingerprint density at radius 1 is 1.19 bits per heavy atom. The number of rotatable bonds is 2. The van der Waals surface area contributed by atoms with Gasteiger partial charge in [-0.3, -0.25) is 4.90 Å². The SMILES string of the molecule is O=S1(=O)CCN(Cc2ccccc2)CCN1. The van der Waals surface area contributed by atoms with E-state index < -0.39 is 10.0 Å². The van der Waals surface area contributed by atoms with Crippen LogP contribution in [0.1, 0.15) is 5.56 Å². The van der Waals surface area contributed by atoms with Crippen LogP contribution in [0.4, 0.5) is 0 Å². The highest BCUT2D eigenvalue weighted by molar-refractivity contribution is 7.89. The van der Waals surface area contributed by atoms with Crippen molar-refractivity contribution in [3.8, 4) is 0 Å². The number of hydrogen-bond donors (Lipinski definition) is 1. The third kappa shape index (κ3) is 3.30. The lowest BCUT2D eigenvalue weighted by Gasteiger charge is -2.18. The van der Waals surface area contributed by atoms with Crippen LogP contribution in [0, 0.1) is 0 Å². The Morgan fingerprint density at radius 3 is 2.69 bits per heavy atom. The Morgan fingerprint density at radius 2 is 1.94 bits per heavy atom. The lowest BCUT2D eigenvalue weighted by Crippen LogP contribution is -2.28. The molecule has 0 bridgehead atoms. The average Bonchev–Trinajstić information content (AvgIpc) is 2.42. The monoisotopic (exact) mass is 240 g/mol. The van der Waals surface area contributed by atoms with Crippen molar-refractivity contribution < 1.29 is 8.42 Å². The Balaban J connectivity index is 1.97. The van der Waals surface area contributed by atoms with Gasteiger partial charge in [-0.1, -0.05) is 30.3 Å². The molecule has 0 atom stereocenters. The molecule has 2 rings (SSSR count). The summed E-state index contributed by atoms with van der Waals surface area (Å²) in [4.78, 5) is 2.16. The van der Waals surface area contributed by atoms with E-state index in [1.807, 2.05) is 18.2 Å². The maximum absolute atomic E-state index is 11.3. The lowest BCUT2D eigenvalue weighted by molar-refractivity contribution is 0.292. The summed E-state index contributed by atoms with van der Waals surface area (Å²) in [5.74, 6) is 0.194. The second-order valence-corrected chi connectivity index (χ2v) is 5.90. The molecular formula is C11H16N2O2S. The average molecular weight is 240 g/mol. The fraction of sp³-hybridized carbons (Fsp3) is 0.455. The summed E-state index contributed by atoms with van der Waals surface area (Å²) in [5.41, 5.74) is 1.22. The van der Waals surface area contributed by atoms with Crippen LogP contribution in [0.2, 0.25) is 0 Å². The van der Waals surface area contributed by atoms with E-state index in [1.165, 1.54) is 5.56 Å². The van der Waals surface area contributed by atoms with Gasteiger partial charge in [-0.2, -0.15) is 0 Å². The van der Waals surface area contributed by atoms with E-state index in [0.717, 1.165) is 13.1 Å². The molecule has 5 heteroatoms. The minimum atomic E-state index is -3.04. The Kier molecular flexibility index (Phi) is 3.58. The second-order valence-electron chi connectivity index (χ2n) is 3.97. The molecule has 1 N–H and O–H groups in total. The highest BCUT2D eigenvalue weighted by atomic mass is 32.2. The fourth-order valence-electron chi connectivity index (χ4n) is 1.79. The molecule has 0 aromatic heterocycles. The molecule has 1 saturated heterocycles. The summed E-state index contributed by atoms with van der Waals surface area (Å²) in [6.07, 6.45) is 0. The molecule has 1 aromatic carbocycles. The van der Waals surface area contributed by atoms with Gasteiger partial charge in [0.1, 0.15) is 0 Å². The van der Waals surface area contributed by atoms with Gasteiger partial charge in [0.25, 0.3) is 0 Å². The van der Waals surface area contributed by atoms with Crippen LogP contribution >= 0.6 is 0 Å². The number of benzene rings is 1. The van der Waals surface area contributed by atoms with E-state index >= 15 is 0 Å². The van der Waals surface area contributed by atoms with Gasteiger partial charge in [-0.25, -0.2) is 13.1 Å². The Hall–Kier alpha value is -0.910. The molecule has 0 amide bonds. The van der Waals surface area contributed by atoms with E-state index in [9.17, 15) is 8.42 Å². The van der Waals surface area contributed by atoms with Crippen molar-refractivity contribution in [2.75, 3.05) is 25.4 Å². The van der Waals surface area contributed by atoms with Crippen LogP contribution in [0.3, 0.4) is 0 Å². The van der Waals surface area contributed by atoms with E-state index in [2.05, 4.69) is 21.8 Å². The number of sulfonamides is 1. The molecule has 1 aromatic rings. The Bertz CT molecular complexity index is 431.